The zero-order chi connectivity index (χ0) is 18.6. The molecule has 1 heterocycles. The molecule has 0 radical (unpaired) electrons. The lowest BCUT2D eigenvalue weighted by Crippen LogP contribution is -2.50. The van der Waals surface area contributed by atoms with E-state index in [4.69, 9.17) is 4.74 Å². The number of hydrogen-bond donors (Lipinski definition) is 2. The van der Waals surface area contributed by atoms with Crippen LogP contribution >= 0.6 is 15.9 Å². The summed E-state index contributed by atoms with van der Waals surface area (Å²) in [5.41, 5.74) is 3.78. The van der Waals surface area contributed by atoms with E-state index in [1.54, 1.807) is 7.11 Å². The molecule has 3 nitrogen and oxygen atoms in total. The molecule has 0 fully saturated rings. The maximum absolute atomic E-state index is 5.53. The predicted octanol–water partition coefficient (Wildman–Crippen LogP) is 5.90. The van der Waals surface area contributed by atoms with Crippen LogP contribution in [0.2, 0.25) is 0 Å². The minimum absolute atomic E-state index is 0.0786. The van der Waals surface area contributed by atoms with Crippen LogP contribution in [0, 0.1) is 0 Å². The summed E-state index contributed by atoms with van der Waals surface area (Å²) in [7, 11) is 1.72. The Bertz CT molecular complexity index is 734. The number of methoxy groups -OCH3 is 1. The van der Waals surface area contributed by atoms with Gasteiger partial charge in [-0.2, -0.15) is 0 Å². The van der Waals surface area contributed by atoms with E-state index in [9.17, 15) is 0 Å². The largest absolute Gasteiger partial charge is 0.495 e. The molecule has 2 aromatic rings. The van der Waals surface area contributed by atoms with Gasteiger partial charge in [0.05, 0.1) is 17.6 Å². The number of anilines is 1. The molecule has 0 spiro atoms. The topological polar surface area (TPSA) is 33.3 Å². The van der Waals surface area contributed by atoms with Gasteiger partial charge in [0.2, 0.25) is 0 Å². The highest BCUT2D eigenvalue weighted by Gasteiger charge is 2.35. The number of nitrogens with one attached hydrogen (secondary N) is 2. The van der Waals surface area contributed by atoms with Crippen molar-refractivity contribution in [3.63, 3.8) is 0 Å². The van der Waals surface area contributed by atoms with Crippen molar-refractivity contribution in [2.75, 3.05) is 19.0 Å². The summed E-state index contributed by atoms with van der Waals surface area (Å²) in [5.74, 6) is 0.862. The molecule has 0 aromatic heterocycles. The van der Waals surface area contributed by atoms with Gasteiger partial charge < -0.3 is 10.1 Å². The molecular weight excluding hydrogens is 388 g/mol. The van der Waals surface area contributed by atoms with Gasteiger partial charge in [-0.3, -0.25) is 5.32 Å². The van der Waals surface area contributed by atoms with Crippen molar-refractivity contribution in [1.29, 1.82) is 0 Å². The van der Waals surface area contributed by atoms with Gasteiger partial charge in [0.15, 0.2) is 0 Å². The SMILES string of the molecule is CCCC[C@]1(CC)CNc2cc(OC)c(Br)cc2[C@@H](c2ccccc2)N1. The van der Waals surface area contributed by atoms with Crippen LogP contribution in [-0.2, 0) is 0 Å². The van der Waals surface area contributed by atoms with Crippen molar-refractivity contribution in [3.8, 4) is 5.75 Å². The molecule has 0 unspecified atom stereocenters. The van der Waals surface area contributed by atoms with Crippen molar-refractivity contribution in [2.45, 2.75) is 51.1 Å². The van der Waals surface area contributed by atoms with E-state index in [1.165, 1.54) is 30.4 Å². The fourth-order valence-electron chi connectivity index (χ4n) is 3.80. The molecule has 0 amide bonds. The molecule has 1 aliphatic heterocycles. The highest BCUT2D eigenvalue weighted by molar-refractivity contribution is 9.10. The number of rotatable bonds is 6. The average molecular weight is 417 g/mol. The van der Waals surface area contributed by atoms with E-state index in [1.807, 2.05) is 0 Å². The maximum Gasteiger partial charge on any atom is 0.135 e. The number of fused-ring (bicyclic) bond motifs is 1. The van der Waals surface area contributed by atoms with E-state index in [0.29, 0.717) is 0 Å². The van der Waals surface area contributed by atoms with Crippen molar-refractivity contribution in [3.05, 3.63) is 58.1 Å². The Kier molecular flexibility index (Phi) is 6.25. The summed E-state index contributed by atoms with van der Waals surface area (Å²) in [4.78, 5) is 0. The second-order valence-corrected chi connectivity index (χ2v) is 8.01. The molecule has 2 N–H and O–H groups in total. The Balaban J connectivity index is 2.09. The number of ether oxygens (including phenoxy) is 1. The highest BCUT2D eigenvalue weighted by atomic mass is 79.9. The van der Waals surface area contributed by atoms with Crippen molar-refractivity contribution >= 4 is 21.6 Å². The van der Waals surface area contributed by atoms with Gasteiger partial charge >= 0.3 is 0 Å². The van der Waals surface area contributed by atoms with Crippen molar-refractivity contribution < 1.29 is 4.74 Å². The van der Waals surface area contributed by atoms with Gasteiger partial charge in [-0.15, -0.1) is 0 Å². The summed E-state index contributed by atoms with van der Waals surface area (Å²) >= 11 is 3.67. The van der Waals surface area contributed by atoms with Crippen molar-refractivity contribution in [2.24, 2.45) is 0 Å². The first-order chi connectivity index (χ1) is 12.6. The van der Waals surface area contributed by atoms with Crippen LogP contribution in [0.15, 0.2) is 46.9 Å². The molecule has 1 aliphatic rings. The van der Waals surface area contributed by atoms with E-state index >= 15 is 0 Å². The summed E-state index contributed by atoms with van der Waals surface area (Å²) in [6.45, 7) is 5.47. The Morgan fingerprint density at radius 3 is 2.62 bits per heavy atom. The summed E-state index contributed by atoms with van der Waals surface area (Å²) in [6, 6.07) is 15.2. The Hall–Kier alpha value is -1.52. The first-order valence-corrected chi connectivity index (χ1v) is 10.4. The Morgan fingerprint density at radius 2 is 1.96 bits per heavy atom. The monoisotopic (exact) mass is 416 g/mol. The molecule has 4 heteroatoms. The van der Waals surface area contributed by atoms with Crippen LogP contribution in [-0.4, -0.2) is 19.2 Å². The number of halogens is 1. The normalized spacial score (nSPS) is 22.2. The van der Waals surface area contributed by atoms with Gasteiger partial charge in [-0.25, -0.2) is 0 Å². The van der Waals surface area contributed by atoms with Crippen LogP contribution in [0.3, 0.4) is 0 Å². The molecule has 0 saturated carbocycles. The van der Waals surface area contributed by atoms with Crippen LogP contribution in [0.4, 0.5) is 5.69 Å². The third-order valence-electron chi connectivity index (χ3n) is 5.52. The average Bonchev–Trinajstić information content (AvgIpc) is 2.84. The van der Waals surface area contributed by atoms with E-state index < -0.39 is 0 Å². The van der Waals surface area contributed by atoms with Gasteiger partial charge in [0.25, 0.3) is 0 Å². The predicted molar refractivity (Wildman–Crippen MR) is 113 cm³/mol. The smallest absolute Gasteiger partial charge is 0.135 e. The van der Waals surface area contributed by atoms with E-state index in [-0.39, 0.29) is 11.6 Å². The van der Waals surface area contributed by atoms with Crippen LogP contribution in [0.1, 0.15) is 56.7 Å². The van der Waals surface area contributed by atoms with Crippen LogP contribution in [0.25, 0.3) is 0 Å². The molecule has 0 bridgehead atoms. The van der Waals surface area contributed by atoms with Gasteiger partial charge in [0.1, 0.15) is 5.75 Å². The lowest BCUT2D eigenvalue weighted by Gasteiger charge is -2.36. The van der Waals surface area contributed by atoms with E-state index in [2.05, 4.69) is 82.9 Å². The van der Waals surface area contributed by atoms with Crippen LogP contribution < -0.4 is 15.4 Å². The van der Waals surface area contributed by atoms with Gasteiger partial charge in [0, 0.05) is 23.8 Å². The second-order valence-electron chi connectivity index (χ2n) is 7.15. The third kappa shape index (κ3) is 3.91. The molecule has 2 aromatic carbocycles. The molecule has 0 aliphatic carbocycles. The number of benzene rings is 2. The maximum atomic E-state index is 5.53. The molecule has 140 valence electrons. The number of hydrogen-bond acceptors (Lipinski definition) is 3. The first kappa shape index (κ1) is 19.2. The van der Waals surface area contributed by atoms with Gasteiger partial charge in [-0.05, 0) is 46.0 Å². The fourth-order valence-corrected chi connectivity index (χ4v) is 4.33. The summed E-state index contributed by atoms with van der Waals surface area (Å²) in [5, 5.41) is 7.74. The lowest BCUT2D eigenvalue weighted by atomic mass is 9.87. The third-order valence-corrected chi connectivity index (χ3v) is 6.14. The zero-order valence-corrected chi connectivity index (χ0v) is 17.5. The second kappa shape index (κ2) is 8.45. The number of unbranched alkanes of at least 4 members (excludes halogenated alkanes) is 1. The lowest BCUT2D eigenvalue weighted by molar-refractivity contribution is 0.284. The molecule has 26 heavy (non-hydrogen) atoms. The van der Waals surface area contributed by atoms with Crippen LogP contribution in [0.5, 0.6) is 5.75 Å². The highest BCUT2D eigenvalue weighted by Crippen LogP contribution is 2.40. The molecule has 2 atom stereocenters. The first-order valence-electron chi connectivity index (χ1n) is 9.56. The molecule has 0 saturated heterocycles. The fraction of sp³-hybridized carbons (Fsp3) is 0.455. The summed E-state index contributed by atoms with van der Waals surface area (Å²) < 4.78 is 6.52. The Morgan fingerprint density at radius 1 is 1.19 bits per heavy atom. The van der Waals surface area contributed by atoms with Gasteiger partial charge in [-0.1, -0.05) is 57.0 Å². The van der Waals surface area contributed by atoms with E-state index in [0.717, 1.165) is 28.9 Å². The molecular formula is C22H29BrN2O. The summed E-state index contributed by atoms with van der Waals surface area (Å²) in [6.07, 6.45) is 4.71. The van der Waals surface area contributed by atoms with Crippen molar-refractivity contribution in [1.82, 2.24) is 5.32 Å². The standard InChI is InChI=1S/C22H29BrN2O/c1-4-6-12-22(5-2)15-24-19-14-20(26-3)18(23)13-17(19)21(25-22)16-10-8-7-9-11-16/h7-11,13-14,21,24-25H,4-6,12,15H2,1-3H3/t21-,22-/m1/s1. The molecule has 3 rings (SSSR count). The minimum atomic E-state index is 0.0786. The Labute approximate surface area is 165 Å². The quantitative estimate of drug-likeness (QED) is 0.614. The minimum Gasteiger partial charge on any atom is -0.495 e. The zero-order valence-electron chi connectivity index (χ0n) is 15.9.